The van der Waals surface area contributed by atoms with Gasteiger partial charge in [-0.1, -0.05) is 0 Å². The van der Waals surface area contributed by atoms with Gasteiger partial charge >= 0.3 is 5.69 Å². The zero-order valence-electron chi connectivity index (χ0n) is 10.2. The standard InChI is InChI=1S/C11H17N3O4/c1-7-4-14(11(18)12-10(7)17)13-3-2-8(5-15)9(13)6-16/h4,8-9,15-16H,2-3,5-6H2,1H3,(H,12,17,18)/t8-,9-/m1/s1. The van der Waals surface area contributed by atoms with Gasteiger partial charge in [0.25, 0.3) is 5.56 Å². The number of aromatic nitrogens is 2. The van der Waals surface area contributed by atoms with E-state index in [4.69, 9.17) is 0 Å². The molecule has 3 N–H and O–H groups in total. The number of hydrogen-bond donors (Lipinski definition) is 3. The second-order valence-corrected chi connectivity index (χ2v) is 4.56. The van der Waals surface area contributed by atoms with Crippen LogP contribution in [0.25, 0.3) is 0 Å². The van der Waals surface area contributed by atoms with Crippen LogP contribution in [0, 0.1) is 12.8 Å². The molecule has 2 atom stereocenters. The van der Waals surface area contributed by atoms with Crippen LogP contribution in [-0.4, -0.2) is 45.7 Å². The summed E-state index contributed by atoms with van der Waals surface area (Å²) in [5.74, 6) is -0.0610. The maximum atomic E-state index is 11.8. The average molecular weight is 255 g/mol. The molecule has 0 spiro atoms. The number of nitrogens with one attached hydrogen (secondary N) is 1. The molecule has 100 valence electrons. The summed E-state index contributed by atoms with van der Waals surface area (Å²) in [6.45, 7) is 2.00. The average Bonchev–Trinajstić information content (AvgIpc) is 2.76. The lowest BCUT2D eigenvalue weighted by Crippen LogP contribution is -2.50. The molecule has 0 saturated carbocycles. The predicted octanol–water partition coefficient (Wildman–Crippen LogP) is -1.84. The molecular weight excluding hydrogens is 238 g/mol. The highest BCUT2D eigenvalue weighted by molar-refractivity contribution is 5.09. The summed E-state index contributed by atoms with van der Waals surface area (Å²) in [6, 6.07) is -0.307. The number of H-pyrrole nitrogens is 1. The van der Waals surface area contributed by atoms with E-state index < -0.39 is 11.2 Å². The van der Waals surface area contributed by atoms with Crippen molar-refractivity contribution in [2.45, 2.75) is 19.4 Å². The second-order valence-electron chi connectivity index (χ2n) is 4.56. The van der Waals surface area contributed by atoms with Gasteiger partial charge in [-0.25, -0.2) is 9.47 Å². The number of aliphatic hydroxyl groups is 2. The summed E-state index contributed by atoms with van der Waals surface area (Å²) in [5, 5.41) is 20.3. The highest BCUT2D eigenvalue weighted by Gasteiger charge is 2.34. The Balaban J connectivity index is 2.40. The molecule has 1 saturated heterocycles. The lowest BCUT2D eigenvalue weighted by atomic mass is 10.0. The lowest BCUT2D eigenvalue weighted by molar-refractivity contribution is 0.168. The van der Waals surface area contributed by atoms with Gasteiger partial charge in [-0.05, 0) is 13.3 Å². The molecular formula is C11H17N3O4. The summed E-state index contributed by atoms with van der Waals surface area (Å²) >= 11 is 0. The Morgan fingerprint density at radius 3 is 2.72 bits per heavy atom. The van der Waals surface area contributed by atoms with E-state index in [1.54, 1.807) is 11.9 Å². The Hall–Kier alpha value is -1.60. The highest BCUT2D eigenvalue weighted by Crippen LogP contribution is 2.21. The molecule has 2 heterocycles. The quantitative estimate of drug-likeness (QED) is 0.589. The summed E-state index contributed by atoms with van der Waals surface area (Å²) in [7, 11) is 0. The number of rotatable bonds is 3. The number of hydrogen-bond acceptors (Lipinski definition) is 5. The molecule has 18 heavy (non-hydrogen) atoms. The number of aliphatic hydroxyl groups excluding tert-OH is 2. The van der Waals surface area contributed by atoms with Crippen molar-refractivity contribution < 1.29 is 10.2 Å². The minimum atomic E-state index is -0.525. The van der Waals surface area contributed by atoms with E-state index in [1.165, 1.54) is 10.9 Å². The maximum absolute atomic E-state index is 11.8. The van der Waals surface area contributed by atoms with E-state index >= 15 is 0 Å². The van der Waals surface area contributed by atoms with Crippen LogP contribution in [0.3, 0.4) is 0 Å². The Labute approximate surface area is 103 Å². The first kappa shape index (κ1) is 12.8. The van der Waals surface area contributed by atoms with Crippen LogP contribution in [0.15, 0.2) is 15.8 Å². The van der Waals surface area contributed by atoms with Crippen LogP contribution in [0.1, 0.15) is 12.0 Å². The van der Waals surface area contributed by atoms with Gasteiger partial charge in [0.1, 0.15) is 0 Å². The monoisotopic (exact) mass is 255 g/mol. The highest BCUT2D eigenvalue weighted by atomic mass is 16.3. The third-order valence-electron chi connectivity index (χ3n) is 3.46. The summed E-state index contributed by atoms with van der Waals surface area (Å²) < 4.78 is 1.31. The van der Waals surface area contributed by atoms with Crippen molar-refractivity contribution in [2.24, 2.45) is 5.92 Å². The van der Waals surface area contributed by atoms with E-state index in [0.717, 1.165) is 0 Å². The summed E-state index contributed by atoms with van der Waals surface area (Å²) in [6.07, 6.45) is 2.16. The van der Waals surface area contributed by atoms with Gasteiger partial charge in [0, 0.05) is 30.8 Å². The van der Waals surface area contributed by atoms with Gasteiger partial charge in [0.15, 0.2) is 0 Å². The minimum absolute atomic E-state index is 0.0290. The topological polar surface area (TPSA) is 98.6 Å². The third kappa shape index (κ3) is 2.06. The molecule has 1 aliphatic heterocycles. The van der Waals surface area contributed by atoms with Crippen LogP contribution in [-0.2, 0) is 0 Å². The molecule has 0 unspecified atom stereocenters. The fourth-order valence-corrected chi connectivity index (χ4v) is 2.37. The Bertz CT molecular complexity index is 536. The van der Waals surface area contributed by atoms with Gasteiger partial charge in [-0.3, -0.25) is 9.78 Å². The number of nitrogens with zero attached hydrogens (tertiary/aromatic N) is 2. The molecule has 1 aliphatic rings. The van der Waals surface area contributed by atoms with E-state index in [0.29, 0.717) is 18.5 Å². The zero-order valence-corrected chi connectivity index (χ0v) is 10.2. The van der Waals surface area contributed by atoms with E-state index in [9.17, 15) is 19.8 Å². The smallest absolute Gasteiger partial charge is 0.347 e. The van der Waals surface area contributed by atoms with Gasteiger partial charge in [-0.2, -0.15) is 0 Å². The van der Waals surface area contributed by atoms with E-state index in [-0.39, 0.29) is 25.2 Å². The fraction of sp³-hybridized carbons (Fsp3) is 0.636. The van der Waals surface area contributed by atoms with Gasteiger partial charge in [0.05, 0.1) is 12.6 Å². The maximum Gasteiger partial charge on any atom is 0.347 e. The van der Waals surface area contributed by atoms with Crippen LogP contribution in [0.2, 0.25) is 0 Å². The van der Waals surface area contributed by atoms with Crippen molar-refractivity contribution >= 4 is 0 Å². The largest absolute Gasteiger partial charge is 0.396 e. The number of aromatic amines is 1. The van der Waals surface area contributed by atoms with E-state index in [1.807, 2.05) is 0 Å². The normalized spacial score (nSPS) is 23.6. The first-order valence-electron chi connectivity index (χ1n) is 5.89. The molecule has 1 aromatic heterocycles. The van der Waals surface area contributed by atoms with E-state index in [2.05, 4.69) is 4.98 Å². The molecule has 0 amide bonds. The Kier molecular flexibility index (Phi) is 3.53. The van der Waals surface area contributed by atoms with Crippen molar-refractivity contribution in [3.63, 3.8) is 0 Å². The Morgan fingerprint density at radius 1 is 1.39 bits per heavy atom. The third-order valence-corrected chi connectivity index (χ3v) is 3.46. The van der Waals surface area contributed by atoms with Crippen molar-refractivity contribution in [3.05, 3.63) is 32.6 Å². The van der Waals surface area contributed by atoms with Crippen molar-refractivity contribution in [2.75, 3.05) is 24.8 Å². The van der Waals surface area contributed by atoms with Gasteiger partial charge in [0.2, 0.25) is 0 Å². The van der Waals surface area contributed by atoms with Crippen molar-refractivity contribution in [1.82, 2.24) is 9.66 Å². The molecule has 0 aliphatic carbocycles. The van der Waals surface area contributed by atoms with Crippen LogP contribution >= 0.6 is 0 Å². The first-order chi connectivity index (χ1) is 8.58. The summed E-state index contributed by atoms with van der Waals surface area (Å²) in [5.41, 5.74) is -0.504. The molecule has 0 bridgehead atoms. The fourth-order valence-electron chi connectivity index (χ4n) is 2.37. The second kappa shape index (κ2) is 4.95. The molecule has 1 fully saturated rings. The first-order valence-corrected chi connectivity index (χ1v) is 5.89. The molecule has 7 nitrogen and oxygen atoms in total. The predicted molar refractivity (Wildman–Crippen MR) is 65.2 cm³/mol. The SMILES string of the molecule is Cc1cn(N2CC[C@H](CO)[C@H]2CO)c(=O)[nH]c1=O. The lowest BCUT2D eigenvalue weighted by Gasteiger charge is -2.28. The van der Waals surface area contributed by atoms with Crippen molar-refractivity contribution in [3.8, 4) is 0 Å². The van der Waals surface area contributed by atoms with Gasteiger partial charge < -0.3 is 15.2 Å². The van der Waals surface area contributed by atoms with Crippen molar-refractivity contribution in [1.29, 1.82) is 0 Å². The minimum Gasteiger partial charge on any atom is -0.396 e. The molecule has 2 rings (SSSR count). The van der Waals surface area contributed by atoms with Gasteiger partial charge in [-0.15, -0.1) is 0 Å². The van der Waals surface area contributed by atoms with Crippen LogP contribution < -0.4 is 16.3 Å². The van der Waals surface area contributed by atoms with Crippen LogP contribution in [0.4, 0.5) is 0 Å². The van der Waals surface area contributed by atoms with Crippen LogP contribution in [0.5, 0.6) is 0 Å². The molecule has 0 aromatic carbocycles. The Morgan fingerprint density at radius 2 is 2.11 bits per heavy atom. The zero-order chi connectivity index (χ0) is 13.3. The molecule has 7 heteroatoms. The molecule has 0 radical (unpaired) electrons. The number of aryl methyl sites for hydroxylation is 1. The molecule has 1 aromatic rings. The summed E-state index contributed by atoms with van der Waals surface area (Å²) in [4.78, 5) is 25.3.